The highest BCUT2D eigenvalue weighted by Gasteiger charge is 2.37. The molecule has 2 aliphatic rings. The number of nitrogens with zero attached hydrogens (tertiary/aromatic N) is 4. The number of amides is 1. The molecule has 1 unspecified atom stereocenters. The first-order valence-corrected chi connectivity index (χ1v) is 5.61. The molecule has 0 aliphatic carbocycles. The molecule has 1 aromatic rings. The Balaban J connectivity index is 1.55. The summed E-state index contributed by atoms with van der Waals surface area (Å²) in [6.07, 6.45) is 4.97. The van der Waals surface area contributed by atoms with E-state index >= 15 is 0 Å². The lowest BCUT2D eigenvalue weighted by atomic mass is 10.1. The van der Waals surface area contributed by atoms with E-state index in [4.69, 9.17) is 4.74 Å². The molecule has 0 bridgehead atoms. The third kappa shape index (κ3) is 1.59. The summed E-state index contributed by atoms with van der Waals surface area (Å²) >= 11 is 0. The zero-order valence-electron chi connectivity index (χ0n) is 8.95. The lowest BCUT2D eigenvalue weighted by Crippen LogP contribution is -2.54. The molecule has 3 heterocycles. The average Bonchev–Trinajstić information content (AvgIpc) is 2.88. The second-order valence-electron chi connectivity index (χ2n) is 4.25. The Kier molecular flexibility index (Phi) is 2.36. The van der Waals surface area contributed by atoms with Gasteiger partial charge >= 0.3 is 0 Å². The molecule has 16 heavy (non-hydrogen) atoms. The van der Waals surface area contributed by atoms with Gasteiger partial charge in [0, 0.05) is 19.7 Å². The van der Waals surface area contributed by atoms with Gasteiger partial charge in [-0.05, 0) is 12.8 Å². The Morgan fingerprint density at radius 3 is 2.69 bits per heavy atom. The molecule has 1 atom stereocenters. The summed E-state index contributed by atoms with van der Waals surface area (Å²) in [4.78, 5) is 15.4. The number of rotatable bonds is 2. The highest BCUT2D eigenvalue weighted by molar-refractivity contribution is 5.81. The standard InChI is InChI=1S/C10H14N4O2/c15-10(9-2-1-5-16-9)13-6-8(7-13)14-11-3-4-12-14/h3-4,8-9H,1-2,5-7H2. The molecule has 0 radical (unpaired) electrons. The van der Waals surface area contributed by atoms with Gasteiger partial charge in [-0.1, -0.05) is 0 Å². The minimum atomic E-state index is -0.202. The molecule has 0 aromatic carbocycles. The third-order valence-electron chi connectivity index (χ3n) is 3.14. The third-order valence-corrected chi connectivity index (χ3v) is 3.14. The number of aromatic nitrogens is 3. The SMILES string of the molecule is O=C(C1CCCO1)N1CC(n2nccn2)C1. The van der Waals surface area contributed by atoms with E-state index in [9.17, 15) is 4.79 Å². The van der Waals surface area contributed by atoms with Crippen molar-refractivity contribution in [2.24, 2.45) is 0 Å². The van der Waals surface area contributed by atoms with Crippen LogP contribution in [0.3, 0.4) is 0 Å². The zero-order valence-corrected chi connectivity index (χ0v) is 8.95. The highest BCUT2D eigenvalue weighted by atomic mass is 16.5. The van der Waals surface area contributed by atoms with Crippen LogP contribution in [0.2, 0.25) is 0 Å². The summed E-state index contributed by atoms with van der Waals surface area (Å²) in [5, 5.41) is 8.13. The fourth-order valence-corrected chi connectivity index (χ4v) is 2.17. The second kappa shape index (κ2) is 3.86. The van der Waals surface area contributed by atoms with E-state index in [0.29, 0.717) is 19.7 Å². The number of carbonyl (C=O) groups is 1. The Morgan fingerprint density at radius 2 is 2.06 bits per heavy atom. The Morgan fingerprint density at radius 1 is 1.31 bits per heavy atom. The molecule has 6 heteroatoms. The predicted molar refractivity (Wildman–Crippen MR) is 54.6 cm³/mol. The number of likely N-dealkylation sites (tertiary alicyclic amines) is 1. The van der Waals surface area contributed by atoms with Crippen molar-refractivity contribution < 1.29 is 9.53 Å². The van der Waals surface area contributed by atoms with Gasteiger partial charge in [-0.25, -0.2) is 0 Å². The summed E-state index contributed by atoms with van der Waals surface area (Å²) in [6, 6.07) is 0.236. The summed E-state index contributed by atoms with van der Waals surface area (Å²) in [7, 11) is 0. The molecule has 0 spiro atoms. The molecule has 6 nitrogen and oxygen atoms in total. The van der Waals surface area contributed by atoms with Gasteiger partial charge in [-0.15, -0.1) is 0 Å². The molecule has 0 N–H and O–H groups in total. The molecule has 1 aromatic heterocycles. The lowest BCUT2D eigenvalue weighted by Gasteiger charge is -2.39. The molecule has 3 rings (SSSR count). The van der Waals surface area contributed by atoms with Gasteiger partial charge in [0.1, 0.15) is 12.1 Å². The van der Waals surface area contributed by atoms with E-state index in [2.05, 4.69) is 10.2 Å². The predicted octanol–water partition coefficient (Wildman–Crippen LogP) is -0.160. The van der Waals surface area contributed by atoms with Crippen LogP contribution in [0, 0.1) is 0 Å². The number of ether oxygens (including phenoxy) is 1. The first-order valence-electron chi connectivity index (χ1n) is 5.61. The van der Waals surface area contributed by atoms with Crippen molar-refractivity contribution in [1.29, 1.82) is 0 Å². The minimum Gasteiger partial charge on any atom is -0.368 e. The molecule has 2 saturated heterocycles. The quantitative estimate of drug-likeness (QED) is 0.697. The van der Waals surface area contributed by atoms with Crippen molar-refractivity contribution in [2.75, 3.05) is 19.7 Å². The van der Waals surface area contributed by atoms with Crippen LogP contribution in [-0.2, 0) is 9.53 Å². The van der Waals surface area contributed by atoms with Gasteiger partial charge in [0.15, 0.2) is 0 Å². The van der Waals surface area contributed by atoms with Crippen LogP contribution in [-0.4, -0.2) is 51.6 Å². The van der Waals surface area contributed by atoms with Crippen molar-refractivity contribution in [3.8, 4) is 0 Å². The monoisotopic (exact) mass is 222 g/mol. The molecule has 2 aliphatic heterocycles. The van der Waals surface area contributed by atoms with Crippen molar-refractivity contribution in [3.63, 3.8) is 0 Å². The molecular weight excluding hydrogens is 208 g/mol. The number of hydrogen-bond acceptors (Lipinski definition) is 4. The van der Waals surface area contributed by atoms with E-state index in [1.807, 2.05) is 4.90 Å². The number of carbonyl (C=O) groups excluding carboxylic acids is 1. The maximum absolute atomic E-state index is 11.9. The zero-order chi connectivity index (χ0) is 11.0. The van der Waals surface area contributed by atoms with Crippen molar-refractivity contribution >= 4 is 5.91 Å². The topological polar surface area (TPSA) is 60.2 Å². The van der Waals surface area contributed by atoms with E-state index in [1.54, 1.807) is 17.2 Å². The normalized spacial score (nSPS) is 25.8. The molecule has 2 fully saturated rings. The smallest absolute Gasteiger partial charge is 0.251 e. The van der Waals surface area contributed by atoms with E-state index in [-0.39, 0.29) is 18.1 Å². The van der Waals surface area contributed by atoms with Crippen LogP contribution in [0.15, 0.2) is 12.4 Å². The van der Waals surface area contributed by atoms with Gasteiger partial charge < -0.3 is 9.64 Å². The summed E-state index contributed by atoms with van der Waals surface area (Å²) < 4.78 is 5.37. The Labute approximate surface area is 93.2 Å². The molecule has 1 amide bonds. The summed E-state index contributed by atoms with van der Waals surface area (Å²) in [5.41, 5.74) is 0. The van der Waals surface area contributed by atoms with Gasteiger partial charge in [-0.3, -0.25) is 4.79 Å². The van der Waals surface area contributed by atoms with E-state index in [1.165, 1.54) is 0 Å². The molecular formula is C10H14N4O2. The summed E-state index contributed by atoms with van der Waals surface area (Å²) in [5.74, 6) is 0.126. The number of hydrogen-bond donors (Lipinski definition) is 0. The Hall–Kier alpha value is -1.43. The molecule has 0 saturated carbocycles. The first-order chi connectivity index (χ1) is 7.84. The highest BCUT2D eigenvalue weighted by Crippen LogP contribution is 2.23. The van der Waals surface area contributed by atoms with Crippen molar-refractivity contribution in [3.05, 3.63) is 12.4 Å². The van der Waals surface area contributed by atoms with Crippen molar-refractivity contribution in [1.82, 2.24) is 19.9 Å². The maximum Gasteiger partial charge on any atom is 0.251 e. The van der Waals surface area contributed by atoms with Crippen LogP contribution in [0.4, 0.5) is 0 Å². The van der Waals surface area contributed by atoms with Crippen LogP contribution >= 0.6 is 0 Å². The maximum atomic E-state index is 11.9. The largest absolute Gasteiger partial charge is 0.368 e. The first kappa shape index (κ1) is 9.77. The summed E-state index contributed by atoms with van der Waals surface area (Å²) in [6.45, 7) is 2.12. The van der Waals surface area contributed by atoms with Crippen LogP contribution in [0.5, 0.6) is 0 Å². The van der Waals surface area contributed by atoms with Gasteiger partial charge in [0.2, 0.25) is 0 Å². The second-order valence-corrected chi connectivity index (χ2v) is 4.25. The Bertz CT molecular complexity index is 366. The van der Waals surface area contributed by atoms with Gasteiger partial charge in [0.05, 0.1) is 12.4 Å². The van der Waals surface area contributed by atoms with E-state index < -0.39 is 0 Å². The van der Waals surface area contributed by atoms with Gasteiger partial charge in [0.25, 0.3) is 5.91 Å². The fraction of sp³-hybridized carbons (Fsp3) is 0.700. The minimum absolute atomic E-state index is 0.126. The van der Waals surface area contributed by atoms with Crippen LogP contribution < -0.4 is 0 Å². The fourth-order valence-electron chi connectivity index (χ4n) is 2.17. The van der Waals surface area contributed by atoms with E-state index in [0.717, 1.165) is 12.8 Å². The van der Waals surface area contributed by atoms with Crippen LogP contribution in [0.25, 0.3) is 0 Å². The molecule has 86 valence electrons. The van der Waals surface area contributed by atoms with Crippen molar-refractivity contribution in [2.45, 2.75) is 25.0 Å². The average molecular weight is 222 g/mol. The van der Waals surface area contributed by atoms with Crippen LogP contribution in [0.1, 0.15) is 18.9 Å². The van der Waals surface area contributed by atoms with Gasteiger partial charge in [-0.2, -0.15) is 15.0 Å². The lowest BCUT2D eigenvalue weighted by molar-refractivity contribution is -0.147.